The largest absolute Gasteiger partial charge is 0.497 e. The first-order valence-corrected chi connectivity index (χ1v) is 7.75. The lowest BCUT2D eigenvalue weighted by Crippen LogP contribution is -2.36. The van der Waals surface area contributed by atoms with E-state index in [2.05, 4.69) is 31.3 Å². The van der Waals surface area contributed by atoms with Gasteiger partial charge in [0.2, 0.25) is 0 Å². The molecule has 3 heteroatoms. The van der Waals surface area contributed by atoms with Crippen molar-refractivity contribution in [2.75, 3.05) is 20.3 Å². The molecule has 1 aromatic rings. The number of hydrogen-bond donors (Lipinski definition) is 1. The summed E-state index contributed by atoms with van der Waals surface area (Å²) in [4.78, 5) is 0. The predicted molar refractivity (Wildman–Crippen MR) is 82.4 cm³/mol. The molecule has 1 aliphatic rings. The van der Waals surface area contributed by atoms with Gasteiger partial charge in [0.15, 0.2) is 0 Å². The summed E-state index contributed by atoms with van der Waals surface area (Å²) in [5.41, 5.74) is 2.61. The van der Waals surface area contributed by atoms with Crippen molar-refractivity contribution < 1.29 is 9.47 Å². The number of methoxy groups -OCH3 is 1. The highest BCUT2D eigenvalue weighted by Gasteiger charge is 2.26. The summed E-state index contributed by atoms with van der Waals surface area (Å²) in [5, 5.41) is 3.67. The zero-order chi connectivity index (χ0) is 14.4. The zero-order valence-corrected chi connectivity index (χ0v) is 12.9. The van der Waals surface area contributed by atoms with Crippen LogP contribution in [0.4, 0.5) is 0 Å². The lowest BCUT2D eigenvalue weighted by atomic mass is 9.92. The molecule has 0 aliphatic carbocycles. The fourth-order valence-corrected chi connectivity index (χ4v) is 2.89. The summed E-state index contributed by atoms with van der Waals surface area (Å²) in [5.74, 6) is 0.921. The highest BCUT2D eigenvalue weighted by atomic mass is 16.5. The number of aryl methyl sites for hydroxylation is 1. The zero-order valence-electron chi connectivity index (χ0n) is 12.9. The number of hydrogen-bond acceptors (Lipinski definition) is 3. The van der Waals surface area contributed by atoms with E-state index in [0.29, 0.717) is 12.1 Å². The van der Waals surface area contributed by atoms with Gasteiger partial charge in [-0.2, -0.15) is 0 Å². The quantitative estimate of drug-likeness (QED) is 0.861. The summed E-state index contributed by atoms with van der Waals surface area (Å²) in [6.07, 6.45) is 5.04. The van der Waals surface area contributed by atoms with Crippen molar-refractivity contribution in [3.8, 4) is 5.75 Å². The third kappa shape index (κ3) is 3.74. The van der Waals surface area contributed by atoms with Crippen LogP contribution in [-0.2, 0) is 4.74 Å². The van der Waals surface area contributed by atoms with Gasteiger partial charge in [0.25, 0.3) is 0 Å². The average molecular weight is 277 g/mol. The lowest BCUT2D eigenvalue weighted by molar-refractivity contribution is -0.00829. The van der Waals surface area contributed by atoms with Gasteiger partial charge < -0.3 is 14.8 Å². The molecule has 1 aromatic carbocycles. The van der Waals surface area contributed by atoms with Gasteiger partial charge in [-0.25, -0.2) is 0 Å². The smallest absolute Gasteiger partial charge is 0.119 e. The maximum atomic E-state index is 6.01. The maximum absolute atomic E-state index is 6.01. The Balaban J connectivity index is 2.20. The van der Waals surface area contributed by atoms with E-state index in [1.807, 2.05) is 6.07 Å². The van der Waals surface area contributed by atoms with Gasteiger partial charge >= 0.3 is 0 Å². The molecule has 1 aliphatic heterocycles. The fraction of sp³-hybridized carbons (Fsp3) is 0.647. The highest BCUT2D eigenvalue weighted by molar-refractivity contribution is 5.37. The molecule has 112 valence electrons. The van der Waals surface area contributed by atoms with Crippen LogP contribution in [0.2, 0.25) is 0 Å². The van der Waals surface area contributed by atoms with Crippen molar-refractivity contribution >= 4 is 0 Å². The molecule has 0 saturated carbocycles. The van der Waals surface area contributed by atoms with Crippen molar-refractivity contribution in [2.24, 2.45) is 0 Å². The molecule has 2 atom stereocenters. The van der Waals surface area contributed by atoms with Crippen LogP contribution in [0, 0.1) is 6.92 Å². The van der Waals surface area contributed by atoms with Crippen LogP contribution in [0.25, 0.3) is 0 Å². The fourth-order valence-electron chi connectivity index (χ4n) is 2.89. The van der Waals surface area contributed by atoms with Gasteiger partial charge in [-0.15, -0.1) is 0 Å². The third-order valence-corrected chi connectivity index (χ3v) is 4.01. The minimum absolute atomic E-state index is 0.293. The Morgan fingerprint density at radius 1 is 1.40 bits per heavy atom. The van der Waals surface area contributed by atoms with Crippen LogP contribution in [-0.4, -0.2) is 26.4 Å². The normalized spacial score (nSPS) is 20.6. The molecule has 2 rings (SSSR count). The molecular weight excluding hydrogens is 250 g/mol. The Labute approximate surface area is 122 Å². The minimum atomic E-state index is 0.293. The summed E-state index contributed by atoms with van der Waals surface area (Å²) >= 11 is 0. The Hall–Kier alpha value is -1.06. The van der Waals surface area contributed by atoms with Crippen LogP contribution >= 0.6 is 0 Å². The van der Waals surface area contributed by atoms with E-state index in [9.17, 15) is 0 Å². The molecule has 0 spiro atoms. The Morgan fingerprint density at radius 3 is 2.85 bits per heavy atom. The van der Waals surface area contributed by atoms with Gasteiger partial charge in [-0.1, -0.05) is 13.0 Å². The number of ether oxygens (including phenoxy) is 2. The molecular formula is C17H27NO2. The standard InChI is InChI=1S/C17H27NO2/c1-4-10-18-17(16-7-5-6-11-20-16)15-9-8-14(19-3)12-13(15)2/h8-9,12,16-18H,4-7,10-11H2,1-3H3. The van der Waals surface area contributed by atoms with E-state index in [0.717, 1.165) is 31.7 Å². The number of nitrogens with one attached hydrogen (secondary N) is 1. The number of rotatable bonds is 6. The second-order valence-electron chi connectivity index (χ2n) is 5.56. The van der Waals surface area contributed by atoms with Crippen LogP contribution in [0.15, 0.2) is 18.2 Å². The topological polar surface area (TPSA) is 30.5 Å². The maximum Gasteiger partial charge on any atom is 0.119 e. The lowest BCUT2D eigenvalue weighted by Gasteiger charge is -2.32. The summed E-state index contributed by atoms with van der Waals surface area (Å²) in [6.45, 7) is 6.27. The van der Waals surface area contributed by atoms with Crippen LogP contribution < -0.4 is 10.1 Å². The SMILES string of the molecule is CCCNC(c1ccc(OC)cc1C)C1CCCCO1. The van der Waals surface area contributed by atoms with Crippen molar-refractivity contribution in [2.45, 2.75) is 51.7 Å². The monoisotopic (exact) mass is 277 g/mol. The van der Waals surface area contributed by atoms with Gasteiger partial charge in [0, 0.05) is 6.61 Å². The van der Waals surface area contributed by atoms with E-state index in [4.69, 9.17) is 9.47 Å². The summed E-state index contributed by atoms with van der Waals surface area (Å²) in [6, 6.07) is 6.63. The Kier molecular flexibility index (Phi) is 5.86. The molecule has 3 nitrogen and oxygen atoms in total. The second kappa shape index (κ2) is 7.65. The van der Waals surface area contributed by atoms with Crippen molar-refractivity contribution in [1.29, 1.82) is 0 Å². The molecule has 1 N–H and O–H groups in total. The highest BCUT2D eigenvalue weighted by Crippen LogP contribution is 2.30. The van der Waals surface area contributed by atoms with E-state index in [-0.39, 0.29) is 0 Å². The van der Waals surface area contributed by atoms with Crippen molar-refractivity contribution in [3.63, 3.8) is 0 Å². The summed E-state index contributed by atoms with van der Waals surface area (Å²) < 4.78 is 11.3. The molecule has 2 unspecified atom stereocenters. The molecule has 1 saturated heterocycles. The van der Waals surface area contributed by atoms with Gasteiger partial charge in [-0.3, -0.25) is 0 Å². The Bertz CT molecular complexity index is 413. The summed E-state index contributed by atoms with van der Waals surface area (Å²) in [7, 11) is 1.71. The third-order valence-electron chi connectivity index (χ3n) is 4.01. The Morgan fingerprint density at radius 2 is 2.25 bits per heavy atom. The molecule has 1 heterocycles. The van der Waals surface area contributed by atoms with Crippen molar-refractivity contribution in [3.05, 3.63) is 29.3 Å². The van der Waals surface area contributed by atoms with E-state index >= 15 is 0 Å². The first-order valence-electron chi connectivity index (χ1n) is 7.75. The molecule has 0 radical (unpaired) electrons. The van der Waals surface area contributed by atoms with E-state index in [1.165, 1.54) is 24.0 Å². The molecule has 0 bridgehead atoms. The van der Waals surface area contributed by atoms with Crippen LogP contribution in [0.1, 0.15) is 49.8 Å². The molecule has 1 fully saturated rings. The average Bonchev–Trinajstić information content (AvgIpc) is 2.50. The van der Waals surface area contributed by atoms with Crippen LogP contribution in [0.3, 0.4) is 0 Å². The molecule has 0 aromatic heterocycles. The van der Waals surface area contributed by atoms with E-state index < -0.39 is 0 Å². The number of benzene rings is 1. The predicted octanol–water partition coefficient (Wildman–Crippen LogP) is 3.61. The van der Waals surface area contributed by atoms with Crippen molar-refractivity contribution in [1.82, 2.24) is 5.32 Å². The van der Waals surface area contributed by atoms with Gasteiger partial charge in [0.05, 0.1) is 19.3 Å². The molecule has 20 heavy (non-hydrogen) atoms. The van der Waals surface area contributed by atoms with Gasteiger partial charge in [0.1, 0.15) is 5.75 Å². The van der Waals surface area contributed by atoms with Gasteiger partial charge in [-0.05, 0) is 62.4 Å². The van der Waals surface area contributed by atoms with Crippen LogP contribution in [0.5, 0.6) is 5.75 Å². The first kappa shape index (κ1) is 15.3. The first-order chi connectivity index (χ1) is 9.76. The minimum Gasteiger partial charge on any atom is -0.497 e. The molecule has 0 amide bonds. The van der Waals surface area contributed by atoms with E-state index in [1.54, 1.807) is 7.11 Å². The second-order valence-corrected chi connectivity index (χ2v) is 5.56.